The molecular formula is C17H17F3N4O2. The van der Waals surface area contributed by atoms with E-state index in [9.17, 15) is 22.8 Å². The van der Waals surface area contributed by atoms with Gasteiger partial charge in [0.1, 0.15) is 12.6 Å². The summed E-state index contributed by atoms with van der Waals surface area (Å²) in [6.45, 7) is -0.774. The largest absolute Gasteiger partial charge is 0.408 e. The number of hydrogen-bond donors (Lipinski definition) is 1. The van der Waals surface area contributed by atoms with Gasteiger partial charge >= 0.3 is 6.18 Å². The van der Waals surface area contributed by atoms with Crippen LogP contribution < -0.4 is 5.32 Å². The summed E-state index contributed by atoms with van der Waals surface area (Å²) in [7, 11) is 0. The first-order valence-corrected chi connectivity index (χ1v) is 8.09. The number of carbonyl (C=O) groups excluding carboxylic acids is 2. The molecule has 1 aromatic heterocycles. The van der Waals surface area contributed by atoms with E-state index in [2.05, 4.69) is 10.4 Å². The molecule has 2 aromatic rings. The van der Waals surface area contributed by atoms with Gasteiger partial charge in [-0.15, -0.1) is 0 Å². The quantitative estimate of drug-likeness (QED) is 0.905. The van der Waals surface area contributed by atoms with Gasteiger partial charge in [-0.3, -0.25) is 14.3 Å². The molecule has 0 saturated carbocycles. The lowest BCUT2D eigenvalue weighted by atomic mass is 10.1. The molecule has 1 saturated heterocycles. The topological polar surface area (TPSA) is 67.2 Å². The number of benzene rings is 1. The van der Waals surface area contributed by atoms with Crippen molar-refractivity contribution in [2.24, 2.45) is 0 Å². The van der Waals surface area contributed by atoms with E-state index >= 15 is 0 Å². The van der Waals surface area contributed by atoms with Crippen molar-refractivity contribution in [3.05, 3.63) is 48.3 Å². The number of halogens is 3. The number of amides is 2. The number of anilines is 1. The van der Waals surface area contributed by atoms with Gasteiger partial charge in [0.2, 0.25) is 5.91 Å². The predicted molar refractivity (Wildman–Crippen MR) is 87.4 cm³/mol. The van der Waals surface area contributed by atoms with Crippen LogP contribution in [0.3, 0.4) is 0 Å². The van der Waals surface area contributed by atoms with Crippen LogP contribution in [-0.2, 0) is 11.3 Å². The van der Waals surface area contributed by atoms with Gasteiger partial charge in [0.15, 0.2) is 0 Å². The number of rotatable bonds is 4. The predicted octanol–water partition coefficient (Wildman–Crippen LogP) is 2.69. The lowest BCUT2D eigenvalue weighted by Gasteiger charge is -2.23. The second kappa shape index (κ2) is 7.19. The van der Waals surface area contributed by atoms with E-state index in [1.165, 1.54) is 4.90 Å². The first-order chi connectivity index (χ1) is 12.3. The Morgan fingerprint density at radius 3 is 2.65 bits per heavy atom. The number of nitrogens with zero attached hydrogens (tertiary/aromatic N) is 3. The maximum Gasteiger partial charge on any atom is 0.408 e. The van der Waals surface area contributed by atoms with Crippen molar-refractivity contribution in [3.63, 3.8) is 0 Å². The molecule has 138 valence electrons. The normalized spacial score (nSPS) is 17.3. The Bertz CT molecular complexity index is 789. The SMILES string of the molecule is O=C(Nc1cnn(CC(F)(F)F)c1)C1CCCN1C(=O)c1ccccc1. The van der Waals surface area contributed by atoms with Crippen LogP contribution in [0.25, 0.3) is 0 Å². The first kappa shape index (κ1) is 18.0. The molecule has 1 atom stereocenters. The molecule has 6 nitrogen and oxygen atoms in total. The van der Waals surface area contributed by atoms with Gasteiger partial charge in [-0.25, -0.2) is 0 Å². The van der Waals surface area contributed by atoms with Crippen molar-refractivity contribution < 1.29 is 22.8 Å². The number of carbonyl (C=O) groups is 2. The molecular weight excluding hydrogens is 349 g/mol. The maximum atomic E-state index is 12.6. The zero-order valence-electron chi connectivity index (χ0n) is 13.7. The fourth-order valence-electron chi connectivity index (χ4n) is 2.95. The van der Waals surface area contributed by atoms with Crippen molar-refractivity contribution in [1.82, 2.24) is 14.7 Å². The van der Waals surface area contributed by atoms with Gasteiger partial charge in [-0.2, -0.15) is 18.3 Å². The molecule has 1 aliphatic heterocycles. The Labute approximate surface area is 147 Å². The standard InChI is InChI=1S/C17H17F3N4O2/c18-17(19,20)11-23-10-13(9-21-23)22-15(25)14-7-4-8-24(14)16(26)12-5-2-1-3-6-12/h1-3,5-6,9-10,14H,4,7-8,11H2,(H,22,25). The van der Waals surface area contributed by atoms with Gasteiger partial charge < -0.3 is 10.2 Å². The van der Waals surface area contributed by atoms with E-state index in [1.807, 2.05) is 0 Å². The summed E-state index contributed by atoms with van der Waals surface area (Å²) in [5.74, 6) is -0.672. The molecule has 1 fully saturated rings. The van der Waals surface area contributed by atoms with Gasteiger partial charge in [0, 0.05) is 18.3 Å². The van der Waals surface area contributed by atoms with Crippen LogP contribution in [-0.4, -0.2) is 45.3 Å². The minimum atomic E-state index is -4.39. The van der Waals surface area contributed by atoms with E-state index in [0.717, 1.165) is 12.4 Å². The lowest BCUT2D eigenvalue weighted by Crippen LogP contribution is -2.43. The first-order valence-electron chi connectivity index (χ1n) is 8.09. The third-order valence-electron chi connectivity index (χ3n) is 4.08. The molecule has 9 heteroatoms. The number of aromatic nitrogens is 2. The zero-order valence-corrected chi connectivity index (χ0v) is 13.7. The van der Waals surface area contributed by atoms with Gasteiger partial charge in [-0.1, -0.05) is 18.2 Å². The second-order valence-electron chi connectivity index (χ2n) is 6.05. The summed E-state index contributed by atoms with van der Waals surface area (Å²) < 4.78 is 37.8. The van der Waals surface area contributed by atoms with Crippen LogP contribution in [0.5, 0.6) is 0 Å². The Morgan fingerprint density at radius 1 is 1.23 bits per heavy atom. The summed E-state index contributed by atoms with van der Waals surface area (Å²) in [6, 6.07) is 7.98. The van der Waals surface area contributed by atoms with Crippen molar-refractivity contribution in [1.29, 1.82) is 0 Å². The highest BCUT2D eigenvalue weighted by atomic mass is 19.4. The minimum Gasteiger partial charge on any atom is -0.327 e. The Balaban J connectivity index is 1.66. The van der Waals surface area contributed by atoms with E-state index in [1.54, 1.807) is 30.3 Å². The summed E-state index contributed by atoms with van der Waals surface area (Å²) in [5.41, 5.74) is 0.656. The molecule has 2 heterocycles. The van der Waals surface area contributed by atoms with Crippen LogP contribution in [0.2, 0.25) is 0 Å². The molecule has 1 unspecified atom stereocenters. The van der Waals surface area contributed by atoms with Crippen LogP contribution in [0, 0.1) is 0 Å². The van der Waals surface area contributed by atoms with Crippen LogP contribution in [0.4, 0.5) is 18.9 Å². The molecule has 0 spiro atoms. The zero-order chi connectivity index (χ0) is 18.7. The second-order valence-corrected chi connectivity index (χ2v) is 6.05. The number of alkyl halides is 3. The summed E-state index contributed by atoms with van der Waals surface area (Å²) in [6.07, 6.45) is -0.936. The molecule has 0 aliphatic carbocycles. The van der Waals surface area contributed by atoms with Gasteiger partial charge in [0.25, 0.3) is 5.91 Å². The highest BCUT2D eigenvalue weighted by Gasteiger charge is 2.35. The molecule has 3 rings (SSSR count). The molecule has 1 aromatic carbocycles. The Kier molecular flexibility index (Phi) is 4.97. The van der Waals surface area contributed by atoms with Crippen molar-refractivity contribution in [2.75, 3.05) is 11.9 Å². The molecule has 2 amide bonds. The highest BCUT2D eigenvalue weighted by Crippen LogP contribution is 2.22. The average Bonchev–Trinajstić information content (AvgIpc) is 3.23. The summed E-state index contributed by atoms with van der Waals surface area (Å²) >= 11 is 0. The fraction of sp³-hybridized carbons (Fsp3) is 0.353. The number of hydrogen-bond acceptors (Lipinski definition) is 3. The van der Waals surface area contributed by atoms with Gasteiger partial charge in [0.05, 0.1) is 11.9 Å². The van der Waals surface area contributed by atoms with Crippen LogP contribution in [0.1, 0.15) is 23.2 Å². The third kappa shape index (κ3) is 4.22. The molecule has 0 bridgehead atoms. The van der Waals surface area contributed by atoms with Crippen molar-refractivity contribution in [2.45, 2.75) is 31.6 Å². The molecule has 1 N–H and O–H groups in total. The van der Waals surface area contributed by atoms with E-state index in [0.29, 0.717) is 29.6 Å². The average molecular weight is 366 g/mol. The molecule has 1 aliphatic rings. The number of likely N-dealkylation sites (tertiary alicyclic amines) is 1. The maximum absolute atomic E-state index is 12.6. The summed E-state index contributed by atoms with van der Waals surface area (Å²) in [4.78, 5) is 26.6. The monoisotopic (exact) mass is 366 g/mol. The third-order valence-corrected chi connectivity index (χ3v) is 4.08. The van der Waals surface area contributed by atoms with Crippen LogP contribution in [0.15, 0.2) is 42.7 Å². The summed E-state index contributed by atoms with van der Waals surface area (Å²) in [5, 5.41) is 6.13. The minimum absolute atomic E-state index is 0.165. The fourth-order valence-corrected chi connectivity index (χ4v) is 2.95. The lowest BCUT2D eigenvalue weighted by molar-refractivity contribution is -0.142. The Hall–Kier alpha value is -2.84. The van der Waals surface area contributed by atoms with E-state index < -0.39 is 24.7 Å². The van der Waals surface area contributed by atoms with Crippen molar-refractivity contribution in [3.8, 4) is 0 Å². The van der Waals surface area contributed by atoms with Crippen molar-refractivity contribution >= 4 is 17.5 Å². The molecule has 0 radical (unpaired) electrons. The Morgan fingerprint density at radius 2 is 1.96 bits per heavy atom. The molecule has 26 heavy (non-hydrogen) atoms. The van der Waals surface area contributed by atoms with E-state index in [4.69, 9.17) is 0 Å². The smallest absolute Gasteiger partial charge is 0.327 e. The van der Waals surface area contributed by atoms with E-state index in [-0.39, 0.29) is 11.6 Å². The van der Waals surface area contributed by atoms with Gasteiger partial charge in [-0.05, 0) is 25.0 Å². The number of nitrogens with one attached hydrogen (secondary N) is 1. The highest BCUT2D eigenvalue weighted by molar-refractivity contribution is 6.01. The van der Waals surface area contributed by atoms with Crippen LogP contribution >= 0.6 is 0 Å².